The van der Waals surface area contributed by atoms with E-state index in [1.807, 2.05) is 13.8 Å². The standard InChI is InChI=1S/C18H17ClN2O5S2/c1-10(2)21-15-7-5-12(9-16(15)27-18(21)23)28(24,25)20-14-8-11(17(22)26-3)4-6-13(14)19/h4-10,20H,1-3H3. The summed E-state index contributed by atoms with van der Waals surface area (Å²) in [5, 5.41) is 0.132. The molecule has 0 unspecified atom stereocenters. The summed E-state index contributed by atoms with van der Waals surface area (Å²) in [5.74, 6) is -0.613. The maximum Gasteiger partial charge on any atom is 0.337 e. The van der Waals surface area contributed by atoms with E-state index in [1.54, 1.807) is 10.6 Å². The summed E-state index contributed by atoms with van der Waals surface area (Å²) >= 11 is 7.05. The minimum Gasteiger partial charge on any atom is -0.465 e. The van der Waals surface area contributed by atoms with Crippen LogP contribution in [0.15, 0.2) is 46.1 Å². The molecule has 0 saturated carbocycles. The number of nitrogens with one attached hydrogen (secondary N) is 1. The second-order valence-corrected chi connectivity index (χ2v) is 9.34. The maximum absolute atomic E-state index is 12.8. The molecule has 0 aliphatic carbocycles. The molecule has 0 aliphatic heterocycles. The zero-order chi connectivity index (χ0) is 20.6. The quantitative estimate of drug-likeness (QED) is 0.607. The van der Waals surface area contributed by atoms with E-state index in [0.29, 0.717) is 10.2 Å². The normalized spacial score (nSPS) is 11.8. The fourth-order valence-corrected chi connectivity index (χ4v) is 5.17. The van der Waals surface area contributed by atoms with Crippen LogP contribution in [-0.2, 0) is 14.8 Å². The SMILES string of the molecule is COC(=O)c1ccc(Cl)c(NS(=O)(=O)c2ccc3c(c2)sc(=O)n3C(C)C)c1. The highest BCUT2D eigenvalue weighted by molar-refractivity contribution is 7.92. The lowest BCUT2D eigenvalue weighted by atomic mass is 10.2. The molecular formula is C18H17ClN2O5S2. The minimum absolute atomic E-state index is 0.0170. The van der Waals surface area contributed by atoms with Crippen LogP contribution >= 0.6 is 22.9 Å². The number of nitrogens with zero attached hydrogens (tertiary/aromatic N) is 1. The van der Waals surface area contributed by atoms with Gasteiger partial charge >= 0.3 is 10.8 Å². The van der Waals surface area contributed by atoms with E-state index in [-0.39, 0.29) is 32.1 Å². The first-order chi connectivity index (χ1) is 13.1. The molecule has 0 radical (unpaired) electrons. The number of carbonyl (C=O) groups excluding carboxylic acids is 1. The average molecular weight is 441 g/mol. The van der Waals surface area contributed by atoms with E-state index < -0.39 is 16.0 Å². The fraction of sp³-hybridized carbons (Fsp3) is 0.222. The third-order valence-corrected chi connectivity index (χ3v) is 6.65. The van der Waals surface area contributed by atoms with E-state index in [0.717, 1.165) is 11.3 Å². The van der Waals surface area contributed by atoms with Gasteiger partial charge < -0.3 is 4.74 Å². The summed E-state index contributed by atoms with van der Waals surface area (Å²) in [4.78, 5) is 23.7. The van der Waals surface area contributed by atoms with Gasteiger partial charge in [0.2, 0.25) is 0 Å². The Kier molecular flexibility index (Phi) is 5.51. The van der Waals surface area contributed by atoms with Crippen LogP contribution in [0.5, 0.6) is 0 Å². The molecule has 0 aliphatic rings. The van der Waals surface area contributed by atoms with Crippen molar-refractivity contribution in [3.8, 4) is 0 Å². The first-order valence-corrected chi connectivity index (χ1v) is 10.9. The molecule has 10 heteroatoms. The fourth-order valence-electron chi connectivity index (χ4n) is 2.72. The molecular weight excluding hydrogens is 424 g/mol. The van der Waals surface area contributed by atoms with E-state index in [2.05, 4.69) is 9.46 Å². The van der Waals surface area contributed by atoms with Gasteiger partial charge in [-0.1, -0.05) is 22.9 Å². The van der Waals surface area contributed by atoms with Crippen molar-refractivity contribution in [2.45, 2.75) is 24.8 Å². The summed E-state index contributed by atoms with van der Waals surface area (Å²) in [6.45, 7) is 3.77. The number of anilines is 1. The van der Waals surface area contributed by atoms with E-state index in [4.69, 9.17) is 11.6 Å². The topological polar surface area (TPSA) is 94.5 Å². The third kappa shape index (κ3) is 3.78. The molecule has 28 heavy (non-hydrogen) atoms. The lowest BCUT2D eigenvalue weighted by molar-refractivity contribution is 0.0601. The van der Waals surface area contributed by atoms with Crippen molar-refractivity contribution >= 4 is 54.8 Å². The Morgan fingerprint density at radius 2 is 1.93 bits per heavy atom. The second-order valence-electron chi connectivity index (χ2n) is 6.25. The van der Waals surface area contributed by atoms with Crippen LogP contribution in [0.4, 0.5) is 5.69 Å². The van der Waals surface area contributed by atoms with Crippen molar-refractivity contribution in [3.05, 3.63) is 56.7 Å². The van der Waals surface area contributed by atoms with Gasteiger partial charge in [-0.3, -0.25) is 14.1 Å². The van der Waals surface area contributed by atoms with Gasteiger partial charge in [0, 0.05) is 6.04 Å². The van der Waals surface area contributed by atoms with Gasteiger partial charge in [-0.15, -0.1) is 0 Å². The number of rotatable bonds is 5. The Labute approximate surface area is 170 Å². The highest BCUT2D eigenvalue weighted by Crippen LogP contribution is 2.28. The van der Waals surface area contributed by atoms with Gasteiger partial charge in [0.1, 0.15) is 0 Å². The average Bonchev–Trinajstić information content (AvgIpc) is 2.97. The number of sulfonamides is 1. The van der Waals surface area contributed by atoms with Crippen molar-refractivity contribution in [1.29, 1.82) is 0 Å². The number of hydrogen-bond acceptors (Lipinski definition) is 6. The van der Waals surface area contributed by atoms with Crippen molar-refractivity contribution in [2.75, 3.05) is 11.8 Å². The first kappa shape index (κ1) is 20.4. The molecule has 0 amide bonds. The van der Waals surface area contributed by atoms with Crippen LogP contribution in [0.1, 0.15) is 30.2 Å². The number of benzene rings is 2. The van der Waals surface area contributed by atoms with Crippen molar-refractivity contribution in [3.63, 3.8) is 0 Å². The second kappa shape index (κ2) is 7.57. The zero-order valence-electron chi connectivity index (χ0n) is 15.2. The Morgan fingerprint density at radius 3 is 2.57 bits per heavy atom. The molecule has 1 N–H and O–H groups in total. The highest BCUT2D eigenvalue weighted by atomic mass is 35.5. The van der Waals surface area contributed by atoms with Gasteiger partial charge in [-0.25, -0.2) is 13.2 Å². The molecule has 7 nitrogen and oxygen atoms in total. The van der Waals surface area contributed by atoms with Gasteiger partial charge in [-0.05, 0) is 50.2 Å². The number of fused-ring (bicyclic) bond motifs is 1. The minimum atomic E-state index is -3.99. The Morgan fingerprint density at radius 1 is 1.21 bits per heavy atom. The molecule has 148 valence electrons. The molecule has 0 bridgehead atoms. The monoisotopic (exact) mass is 440 g/mol. The molecule has 0 atom stereocenters. The van der Waals surface area contributed by atoms with E-state index in [9.17, 15) is 18.0 Å². The lowest BCUT2D eigenvalue weighted by Gasteiger charge is -2.11. The summed E-state index contributed by atoms with van der Waals surface area (Å²) in [5.41, 5.74) is 0.888. The molecule has 0 saturated heterocycles. The predicted molar refractivity (Wildman–Crippen MR) is 110 cm³/mol. The largest absolute Gasteiger partial charge is 0.465 e. The molecule has 3 rings (SSSR count). The molecule has 0 fully saturated rings. The van der Waals surface area contributed by atoms with Crippen LogP contribution in [0, 0.1) is 0 Å². The van der Waals surface area contributed by atoms with E-state index >= 15 is 0 Å². The predicted octanol–water partition coefficient (Wildman–Crippen LogP) is 3.88. The van der Waals surface area contributed by atoms with Crippen LogP contribution < -0.4 is 9.60 Å². The summed E-state index contributed by atoms with van der Waals surface area (Å²) in [6.07, 6.45) is 0. The van der Waals surface area contributed by atoms with Crippen LogP contribution in [0.3, 0.4) is 0 Å². The Hall–Kier alpha value is -2.36. The summed E-state index contributed by atoms with van der Waals surface area (Å²) in [6, 6.07) is 8.58. The number of ether oxygens (including phenoxy) is 1. The summed E-state index contributed by atoms with van der Waals surface area (Å²) < 4.78 is 34.8. The lowest BCUT2D eigenvalue weighted by Crippen LogP contribution is -2.15. The Bertz CT molecular complexity index is 1230. The number of esters is 1. The van der Waals surface area contributed by atoms with Gasteiger partial charge in [0.25, 0.3) is 10.0 Å². The number of halogens is 1. The molecule has 1 aromatic heterocycles. The molecule has 2 aromatic carbocycles. The van der Waals surface area contributed by atoms with Gasteiger partial charge in [-0.2, -0.15) is 0 Å². The van der Waals surface area contributed by atoms with E-state index in [1.165, 1.54) is 37.4 Å². The van der Waals surface area contributed by atoms with Gasteiger partial charge in [0.15, 0.2) is 0 Å². The number of methoxy groups -OCH3 is 1. The maximum atomic E-state index is 12.8. The Balaban J connectivity index is 2.02. The van der Waals surface area contributed by atoms with Crippen molar-refractivity contribution in [1.82, 2.24) is 4.57 Å². The van der Waals surface area contributed by atoms with Gasteiger partial charge in [0.05, 0.1) is 38.5 Å². The number of thiazole rings is 1. The summed E-state index contributed by atoms with van der Waals surface area (Å²) in [7, 11) is -2.76. The van der Waals surface area contributed by atoms with Crippen LogP contribution in [0.25, 0.3) is 10.2 Å². The number of carbonyl (C=O) groups is 1. The van der Waals surface area contributed by atoms with Crippen LogP contribution in [-0.4, -0.2) is 26.1 Å². The number of hydrogen-bond donors (Lipinski definition) is 1. The molecule has 1 heterocycles. The first-order valence-electron chi connectivity index (χ1n) is 8.20. The van der Waals surface area contributed by atoms with Crippen molar-refractivity contribution < 1.29 is 17.9 Å². The number of aromatic nitrogens is 1. The zero-order valence-corrected chi connectivity index (χ0v) is 17.6. The molecule has 0 spiro atoms. The third-order valence-electron chi connectivity index (χ3n) is 4.04. The smallest absolute Gasteiger partial charge is 0.337 e. The highest BCUT2D eigenvalue weighted by Gasteiger charge is 2.20. The van der Waals surface area contributed by atoms with Crippen LogP contribution in [0.2, 0.25) is 5.02 Å². The molecule has 3 aromatic rings. The van der Waals surface area contributed by atoms with Crippen molar-refractivity contribution in [2.24, 2.45) is 0 Å².